The molecule has 2 heterocycles. The third-order valence-electron chi connectivity index (χ3n) is 6.03. The first-order chi connectivity index (χ1) is 13.5. The Morgan fingerprint density at radius 2 is 1.76 bits per heavy atom. The van der Waals surface area contributed by atoms with Gasteiger partial charge in [-0.05, 0) is 50.8 Å². The number of rotatable bonds is 4. The number of fused-ring (bicyclic) bond motifs is 1. The zero-order valence-electron chi connectivity index (χ0n) is 16.9. The van der Waals surface area contributed by atoms with Gasteiger partial charge in [0, 0.05) is 12.0 Å². The Labute approximate surface area is 168 Å². The third-order valence-corrected chi connectivity index (χ3v) is 6.03. The summed E-state index contributed by atoms with van der Waals surface area (Å²) in [6.07, 6.45) is -6.14. The van der Waals surface area contributed by atoms with E-state index >= 15 is 0 Å². The molecule has 6 atom stereocenters. The molecule has 1 unspecified atom stereocenters. The molecule has 29 heavy (non-hydrogen) atoms. The fourth-order valence-corrected chi connectivity index (χ4v) is 3.84. The van der Waals surface area contributed by atoms with E-state index in [-0.39, 0.29) is 6.42 Å². The highest BCUT2D eigenvalue weighted by molar-refractivity contribution is 5.78. The lowest BCUT2D eigenvalue weighted by Gasteiger charge is -2.40. The number of aliphatic hydroxyl groups is 4. The number of hydrogen-bond acceptors (Lipinski definition) is 8. The van der Waals surface area contributed by atoms with Crippen LogP contribution in [0.2, 0.25) is 0 Å². The van der Waals surface area contributed by atoms with Gasteiger partial charge in [0.2, 0.25) is 11.9 Å². The van der Waals surface area contributed by atoms with E-state index in [1.807, 2.05) is 0 Å². The van der Waals surface area contributed by atoms with Crippen molar-refractivity contribution in [2.45, 2.75) is 76.8 Å². The van der Waals surface area contributed by atoms with Gasteiger partial charge >= 0.3 is 5.97 Å². The average Bonchev–Trinajstić information content (AvgIpc) is 2.69. The molecule has 0 aliphatic carbocycles. The van der Waals surface area contributed by atoms with Crippen molar-refractivity contribution < 1.29 is 44.5 Å². The molecule has 0 spiro atoms. The molecule has 5 N–H and O–H groups in total. The van der Waals surface area contributed by atoms with Gasteiger partial charge in [0.25, 0.3) is 0 Å². The number of carbonyl (C=O) groups is 1. The molecule has 1 fully saturated rings. The minimum atomic E-state index is -1.54. The summed E-state index contributed by atoms with van der Waals surface area (Å²) < 4.78 is 17.2. The summed E-state index contributed by atoms with van der Waals surface area (Å²) >= 11 is 0. The summed E-state index contributed by atoms with van der Waals surface area (Å²) in [5.41, 5.74) is 1.60. The quantitative estimate of drug-likeness (QED) is 0.460. The van der Waals surface area contributed by atoms with Gasteiger partial charge in [0.15, 0.2) is 0 Å². The Kier molecular flexibility index (Phi) is 5.81. The van der Waals surface area contributed by atoms with Crippen LogP contribution < -0.4 is 9.47 Å². The van der Waals surface area contributed by atoms with Crippen molar-refractivity contribution in [2.24, 2.45) is 0 Å². The standard InChI is InChI=1S/C20H28O9/c1-8-9(2)17-11(5-6-20(4,29-17)19(25)26)10(3)16(8)28-18-15(24)14(23)13(22)12(7-21)27-18/h12-15,18,21-24H,5-7H2,1-4H3,(H,25,26)/t12-,13-,14+,15-,18+,20?/m1/s1. The van der Waals surface area contributed by atoms with E-state index in [9.17, 15) is 30.3 Å². The lowest BCUT2D eigenvalue weighted by Crippen LogP contribution is -2.60. The van der Waals surface area contributed by atoms with E-state index < -0.39 is 48.9 Å². The van der Waals surface area contributed by atoms with Crippen LogP contribution in [0.5, 0.6) is 11.5 Å². The molecular formula is C20H28O9. The van der Waals surface area contributed by atoms with Crippen LogP contribution in [-0.4, -0.2) is 74.4 Å². The van der Waals surface area contributed by atoms with Crippen LogP contribution in [0.4, 0.5) is 0 Å². The Hall–Kier alpha value is -1.91. The molecule has 1 aromatic carbocycles. The first-order valence-corrected chi connectivity index (χ1v) is 9.54. The molecule has 0 radical (unpaired) electrons. The average molecular weight is 412 g/mol. The van der Waals surface area contributed by atoms with Crippen molar-refractivity contribution in [3.8, 4) is 11.5 Å². The molecule has 9 nitrogen and oxygen atoms in total. The number of aliphatic hydroxyl groups excluding tert-OH is 4. The Morgan fingerprint density at radius 1 is 1.10 bits per heavy atom. The van der Waals surface area contributed by atoms with Gasteiger partial charge in [0.1, 0.15) is 35.9 Å². The third kappa shape index (κ3) is 3.57. The molecular weight excluding hydrogens is 384 g/mol. The van der Waals surface area contributed by atoms with Crippen LogP contribution in [0.3, 0.4) is 0 Å². The predicted octanol–water partition coefficient (Wildman–Crippen LogP) is -0.0411. The van der Waals surface area contributed by atoms with Gasteiger partial charge in [0.05, 0.1) is 6.61 Å². The van der Waals surface area contributed by atoms with Gasteiger partial charge in [-0.3, -0.25) is 0 Å². The van der Waals surface area contributed by atoms with Gasteiger partial charge < -0.3 is 39.7 Å². The highest BCUT2D eigenvalue weighted by Gasteiger charge is 2.46. The Balaban J connectivity index is 1.96. The largest absolute Gasteiger partial charge is 0.478 e. The minimum absolute atomic E-state index is 0.290. The number of benzene rings is 1. The maximum atomic E-state index is 11.6. The monoisotopic (exact) mass is 412 g/mol. The highest BCUT2D eigenvalue weighted by atomic mass is 16.7. The Bertz CT molecular complexity index is 806. The number of ether oxygens (including phenoxy) is 3. The highest BCUT2D eigenvalue weighted by Crippen LogP contribution is 2.44. The van der Waals surface area contributed by atoms with Crippen LogP contribution in [0.25, 0.3) is 0 Å². The first kappa shape index (κ1) is 21.8. The maximum Gasteiger partial charge on any atom is 0.347 e. The van der Waals surface area contributed by atoms with Crippen LogP contribution in [0.15, 0.2) is 0 Å². The zero-order chi connectivity index (χ0) is 21.7. The summed E-state index contributed by atoms with van der Waals surface area (Å²) in [6.45, 7) is 6.37. The zero-order valence-corrected chi connectivity index (χ0v) is 16.9. The van der Waals surface area contributed by atoms with Crippen LogP contribution >= 0.6 is 0 Å². The molecule has 0 amide bonds. The van der Waals surface area contributed by atoms with Crippen molar-refractivity contribution >= 4 is 5.97 Å². The van der Waals surface area contributed by atoms with E-state index in [1.54, 1.807) is 27.7 Å². The molecule has 2 aliphatic rings. The Morgan fingerprint density at radius 3 is 2.34 bits per heavy atom. The fraction of sp³-hybridized carbons (Fsp3) is 0.650. The summed E-state index contributed by atoms with van der Waals surface area (Å²) in [5.74, 6) is -0.0927. The number of carboxylic acid groups (broad SMARTS) is 1. The van der Waals surface area contributed by atoms with Gasteiger partial charge in [-0.25, -0.2) is 4.79 Å². The number of carboxylic acids is 1. The van der Waals surface area contributed by atoms with Crippen molar-refractivity contribution in [1.29, 1.82) is 0 Å². The van der Waals surface area contributed by atoms with Crippen LogP contribution in [0, 0.1) is 20.8 Å². The van der Waals surface area contributed by atoms with Crippen molar-refractivity contribution in [1.82, 2.24) is 0 Å². The molecule has 0 aromatic heterocycles. The molecule has 1 saturated heterocycles. The topological polar surface area (TPSA) is 146 Å². The number of hydrogen-bond donors (Lipinski definition) is 5. The second-order valence-corrected chi connectivity index (χ2v) is 7.96. The second kappa shape index (κ2) is 7.73. The number of aliphatic carboxylic acids is 1. The SMILES string of the molecule is Cc1c(C)c2c(c(C)c1O[C@@H]1O[C@H](CO)[C@@H](O)[C@H](O)[C@H]1O)CCC(C)(C(=O)O)O2. The molecule has 1 aromatic rings. The van der Waals surface area contributed by atoms with Gasteiger partial charge in [-0.15, -0.1) is 0 Å². The van der Waals surface area contributed by atoms with E-state index in [4.69, 9.17) is 14.2 Å². The van der Waals surface area contributed by atoms with E-state index in [1.165, 1.54) is 0 Å². The van der Waals surface area contributed by atoms with E-state index in [2.05, 4.69) is 0 Å². The summed E-state index contributed by atoms with van der Waals surface area (Å²) in [6, 6.07) is 0. The normalized spacial score (nSPS) is 34.3. The molecule has 0 saturated carbocycles. The first-order valence-electron chi connectivity index (χ1n) is 9.54. The van der Waals surface area contributed by atoms with Crippen LogP contribution in [0.1, 0.15) is 35.6 Å². The lowest BCUT2D eigenvalue weighted by molar-refractivity contribution is -0.277. The predicted molar refractivity (Wildman–Crippen MR) is 100 cm³/mol. The van der Waals surface area contributed by atoms with Crippen molar-refractivity contribution in [3.63, 3.8) is 0 Å². The smallest absolute Gasteiger partial charge is 0.347 e. The molecule has 162 valence electrons. The maximum absolute atomic E-state index is 11.6. The van der Waals surface area contributed by atoms with E-state index in [0.717, 1.165) is 5.56 Å². The van der Waals surface area contributed by atoms with Crippen molar-refractivity contribution in [2.75, 3.05) is 6.61 Å². The molecule has 0 bridgehead atoms. The molecule has 3 rings (SSSR count). The van der Waals surface area contributed by atoms with Gasteiger partial charge in [-0.1, -0.05) is 0 Å². The van der Waals surface area contributed by atoms with Gasteiger partial charge in [-0.2, -0.15) is 0 Å². The van der Waals surface area contributed by atoms with Crippen LogP contribution in [-0.2, 0) is 16.0 Å². The fourth-order valence-electron chi connectivity index (χ4n) is 3.84. The minimum Gasteiger partial charge on any atom is -0.478 e. The molecule has 9 heteroatoms. The molecule has 2 aliphatic heterocycles. The summed E-state index contributed by atoms with van der Waals surface area (Å²) in [5, 5.41) is 49.0. The summed E-state index contributed by atoms with van der Waals surface area (Å²) in [4.78, 5) is 11.6. The van der Waals surface area contributed by atoms with E-state index in [0.29, 0.717) is 34.6 Å². The van der Waals surface area contributed by atoms with Crippen molar-refractivity contribution in [3.05, 3.63) is 22.3 Å². The second-order valence-electron chi connectivity index (χ2n) is 7.96. The summed E-state index contributed by atoms with van der Waals surface area (Å²) in [7, 11) is 0. The lowest BCUT2D eigenvalue weighted by atomic mass is 9.87.